The molecular formula is C25H23N5O3. The largest absolute Gasteiger partial charge is 0.378 e. The number of hydrogen-bond donors (Lipinski definition) is 1. The number of anilines is 2. The lowest BCUT2D eigenvalue weighted by molar-refractivity contribution is 0.102. The van der Waals surface area contributed by atoms with Gasteiger partial charge in [-0.1, -0.05) is 24.3 Å². The first-order valence-electron chi connectivity index (χ1n) is 10.8. The summed E-state index contributed by atoms with van der Waals surface area (Å²) in [5.41, 5.74) is 2.33. The second kappa shape index (κ2) is 8.84. The Hall–Kier alpha value is -4.04. The van der Waals surface area contributed by atoms with Crippen molar-refractivity contribution in [2.45, 2.75) is 0 Å². The third kappa shape index (κ3) is 4.08. The number of nitrogens with zero attached hydrogens (tertiary/aromatic N) is 4. The molecule has 0 saturated carbocycles. The summed E-state index contributed by atoms with van der Waals surface area (Å²) in [7, 11) is 1.70. The van der Waals surface area contributed by atoms with Gasteiger partial charge in [0.1, 0.15) is 11.6 Å². The van der Waals surface area contributed by atoms with Crippen LogP contribution < -0.4 is 15.8 Å². The lowest BCUT2D eigenvalue weighted by Crippen LogP contribution is -2.36. The lowest BCUT2D eigenvalue weighted by Gasteiger charge is -2.29. The fourth-order valence-corrected chi connectivity index (χ4v) is 4.02. The van der Waals surface area contributed by atoms with Crippen LogP contribution in [0.1, 0.15) is 10.4 Å². The first-order valence-corrected chi connectivity index (χ1v) is 10.8. The number of rotatable bonds is 4. The van der Waals surface area contributed by atoms with Crippen LogP contribution in [0.15, 0.2) is 71.7 Å². The summed E-state index contributed by atoms with van der Waals surface area (Å²) < 4.78 is 6.98. The molecule has 0 spiro atoms. The van der Waals surface area contributed by atoms with Crippen LogP contribution in [0.25, 0.3) is 22.3 Å². The maximum Gasteiger partial charge on any atom is 0.261 e. The number of para-hydroxylation sites is 1. The first-order chi connectivity index (χ1) is 16.1. The standard InChI is InChI=1S/C25H23N5O3/c1-29-23(17-6-4-7-18(16-17)30-12-14-33-15-13-30)28-22-19(8-5-9-20(22)25(29)32)24(31)27-21-10-2-3-11-26-21/h2-11,16H,12-15H2,1H3,(H,26,27,31). The van der Waals surface area contributed by atoms with E-state index in [2.05, 4.69) is 15.2 Å². The van der Waals surface area contributed by atoms with E-state index in [4.69, 9.17) is 9.72 Å². The van der Waals surface area contributed by atoms with Gasteiger partial charge in [0.2, 0.25) is 0 Å². The summed E-state index contributed by atoms with van der Waals surface area (Å²) in [6, 6.07) is 18.3. The van der Waals surface area contributed by atoms with E-state index < -0.39 is 0 Å². The minimum absolute atomic E-state index is 0.209. The van der Waals surface area contributed by atoms with Crippen LogP contribution in [0.2, 0.25) is 0 Å². The molecule has 1 saturated heterocycles. The Morgan fingerprint density at radius 1 is 1.03 bits per heavy atom. The lowest BCUT2D eigenvalue weighted by atomic mass is 10.1. The van der Waals surface area contributed by atoms with E-state index in [-0.39, 0.29) is 11.5 Å². The average molecular weight is 441 g/mol. The highest BCUT2D eigenvalue weighted by Gasteiger charge is 2.18. The molecule has 0 atom stereocenters. The Labute approximate surface area is 190 Å². The molecule has 2 aromatic heterocycles. The Kier molecular flexibility index (Phi) is 5.58. The minimum Gasteiger partial charge on any atom is -0.378 e. The summed E-state index contributed by atoms with van der Waals surface area (Å²) >= 11 is 0. The molecule has 0 bridgehead atoms. The van der Waals surface area contributed by atoms with Crippen molar-refractivity contribution in [2.24, 2.45) is 7.05 Å². The highest BCUT2D eigenvalue weighted by atomic mass is 16.5. The zero-order valence-electron chi connectivity index (χ0n) is 18.2. The molecule has 0 radical (unpaired) electrons. The second-order valence-electron chi connectivity index (χ2n) is 7.82. The van der Waals surface area contributed by atoms with Crippen LogP contribution in [-0.4, -0.2) is 46.7 Å². The highest BCUT2D eigenvalue weighted by molar-refractivity contribution is 6.11. The number of pyridine rings is 1. The van der Waals surface area contributed by atoms with E-state index >= 15 is 0 Å². The van der Waals surface area contributed by atoms with Crippen molar-refractivity contribution in [1.29, 1.82) is 0 Å². The fourth-order valence-electron chi connectivity index (χ4n) is 4.02. The van der Waals surface area contributed by atoms with Gasteiger partial charge in [-0.2, -0.15) is 0 Å². The fraction of sp³-hybridized carbons (Fsp3) is 0.200. The third-order valence-electron chi connectivity index (χ3n) is 5.74. The van der Waals surface area contributed by atoms with Crippen LogP contribution in [-0.2, 0) is 11.8 Å². The minimum atomic E-state index is -0.368. The van der Waals surface area contributed by atoms with Gasteiger partial charge in [-0.3, -0.25) is 14.2 Å². The van der Waals surface area contributed by atoms with E-state index in [9.17, 15) is 9.59 Å². The van der Waals surface area contributed by atoms with Gasteiger partial charge < -0.3 is 15.0 Å². The number of benzene rings is 2. The molecule has 0 unspecified atom stereocenters. The van der Waals surface area contributed by atoms with Gasteiger partial charge in [-0.25, -0.2) is 9.97 Å². The number of aromatic nitrogens is 3. The van der Waals surface area contributed by atoms with Crippen molar-refractivity contribution in [3.05, 3.63) is 82.8 Å². The Balaban J connectivity index is 1.59. The van der Waals surface area contributed by atoms with Crippen molar-refractivity contribution in [3.8, 4) is 11.4 Å². The van der Waals surface area contributed by atoms with Gasteiger partial charge in [-0.05, 0) is 36.4 Å². The molecule has 8 nitrogen and oxygen atoms in total. The summed E-state index contributed by atoms with van der Waals surface area (Å²) in [5, 5.41) is 3.17. The normalized spacial score (nSPS) is 13.8. The van der Waals surface area contributed by atoms with Gasteiger partial charge in [0.05, 0.1) is 29.7 Å². The molecule has 5 rings (SSSR count). The SMILES string of the molecule is Cn1c(-c2cccc(N3CCOCC3)c2)nc2c(C(=O)Nc3ccccn3)cccc2c1=O. The van der Waals surface area contributed by atoms with E-state index in [0.717, 1.165) is 24.3 Å². The number of carbonyl (C=O) groups excluding carboxylic acids is 1. The highest BCUT2D eigenvalue weighted by Crippen LogP contribution is 2.25. The number of amides is 1. The molecule has 0 aliphatic carbocycles. The summed E-state index contributed by atoms with van der Waals surface area (Å²) in [5.74, 6) is 0.565. The van der Waals surface area contributed by atoms with Gasteiger partial charge in [-0.15, -0.1) is 0 Å². The summed E-state index contributed by atoms with van der Waals surface area (Å²) in [6.07, 6.45) is 1.60. The molecule has 166 valence electrons. The molecule has 1 amide bonds. The second-order valence-corrected chi connectivity index (χ2v) is 7.82. The quantitative estimate of drug-likeness (QED) is 0.524. The van der Waals surface area contributed by atoms with Gasteiger partial charge in [0, 0.05) is 37.6 Å². The Morgan fingerprint density at radius 3 is 2.64 bits per heavy atom. The zero-order chi connectivity index (χ0) is 22.8. The van der Waals surface area contributed by atoms with Crippen molar-refractivity contribution >= 4 is 28.3 Å². The third-order valence-corrected chi connectivity index (χ3v) is 5.74. The maximum atomic E-state index is 13.2. The molecule has 3 heterocycles. The monoisotopic (exact) mass is 441 g/mol. The number of ether oxygens (including phenoxy) is 1. The van der Waals surface area contributed by atoms with E-state index in [0.29, 0.717) is 41.3 Å². The topological polar surface area (TPSA) is 89.3 Å². The number of carbonyl (C=O) groups is 1. The maximum absolute atomic E-state index is 13.2. The Bertz CT molecular complexity index is 1380. The van der Waals surface area contributed by atoms with E-state index in [1.807, 2.05) is 24.3 Å². The molecule has 1 aliphatic heterocycles. The van der Waals surface area contributed by atoms with Crippen LogP contribution in [0.5, 0.6) is 0 Å². The molecule has 2 aromatic carbocycles. The Morgan fingerprint density at radius 2 is 1.85 bits per heavy atom. The van der Waals surface area contributed by atoms with Crippen LogP contribution in [0, 0.1) is 0 Å². The van der Waals surface area contributed by atoms with Crippen LogP contribution in [0.4, 0.5) is 11.5 Å². The smallest absolute Gasteiger partial charge is 0.261 e. The van der Waals surface area contributed by atoms with Gasteiger partial charge in [0.25, 0.3) is 11.5 Å². The van der Waals surface area contributed by atoms with Gasteiger partial charge >= 0.3 is 0 Å². The number of fused-ring (bicyclic) bond motifs is 1. The predicted molar refractivity (Wildman–Crippen MR) is 128 cm³/mol. The number of morpholine rings is 1. The van der Waals surface area contributed by atoms with E-state index in [1.54, 1.807) is 49.6 Å². The molecule has 1 aliphatic rings. The predicted octanol–water partition coefficient (Wildman–Crippen LogP) is 3.08. The number of nitrogens with one attached hydrogen (secondary N) is 1. The molecular weight excluding hydrogens is 418 g/mol. The van der Waals surface area contributed by atoms with E-state index in [1.165, 1.54) is 4.57 Å². The molecule has 1 fully saturated rings. The summed E-state index contributed by atoms with van der Waals surface area (Å²) in [4.78, 5) is 37.4. The number of hydrogen-bond acceptors (Lipinski definition) is 6. The molecule has 4 aromatic rings. The average Bonchev–Trinajstić information content (AvgIpc) is 2.87. The van der Waals surface area contributed by atoms with Crippen molar-refractivity contribution < 1.29 is 9.53 Å². The zero-order valence-corrected chi connectivity index (χ0v) is 18.2. The van der Waals surface area contributed by atoms with Crippen LogP contribution >= 0.6 is 0 Å². The van der Waals surface area contributed by atoms with Crippen LogP contribution in [0.3, 0.4) is 0 Å². The summed E-state index contributed by atoms with van der Waals surface area (Å²) in [6.45, 7) is 2.99. The molecule has 8 heteroatoms. The molecule has 33 heavy (non-hydrogen) atoms. The van der Waals surface area contributed by atoms with Crippen molar-refractivity contribution in [3.63, 3.8) is 0 Å². The van der Waals surface area contributed by atoms with Crippen molar-refractivity contribution in [1.82, 2.24) is 14.5 Å². The van der Waals surface area contributed by atoms with Crippen molar-refractivity contribution in [2.75, 3.05) is 36.5 Å². The first kappa shape index (κ1) is 20.8. The van der Waals surface area contributed by atoms with Gasteiger partial charge in [0.15, 0.2) is 0 Å². The molecule has 1 N–H and O–H groups in total.